The van der Waals surface area contributed by atoms with E-state index in [0.29, 0.717) is 12.0 Å². The molecule has 0 fully saturated rings. The molecule has 0 aliphatic heterocycles. The molecule has 2 rings (SSSR count). The highest BCUT2D eigenvalue weighted by molar-refractivity contribution is 6.31. The minimum atomic E-state index is -0.415. The van der Waals surface area contributed by atoms with Crippen molar-refractivity contribution in [2.45, 2.75) is 80.1 Å². The summed E-state index contributed by atoms with van der Waals surface area (Å²) in [6.07, 6.45) is 17.3. The Morgan fingerprint density at radius 1 is 0.667 bits per heavy atom. The number of carbonyl (C=O) groups is 4. The van der Waals surface area contributed by atoms with Crippen LogP contribution in [0.1, 0.15) is 80.1 Å². The summed E-state index contributed by atoms with van der Waals surface area (Å²) in [7, 11) is 0. The minimum absolute atomic E-state index is 0.0291. The Morgan fingerprint density at radius 2 is 1.19 bits per heavy atom. The molecule has 190 valence electrons. The van der Waals surface area contributed by atoms with Crippen molar-refractivity contribution in [1.29, 1.82) is 0 Å². The molecule has 36 heavy (non-hydrogen) atoms. The quantitative estimate of drug-likeness (QED) is 0.229. The topological polar surface area (TPSA) is 68.3 Å². The van der Waals surface area contributed by atoms with Crippen molar-refractivity contribution in [1.82, 2.24) is 0 Å². The van der Waals surface area contributed by atoms with E-state index in [9.17, 15) is 19.2 Å². The molecule has 0 radical (unpaired) electrons. The van der Waals surface area contributed by atoms with Crippen molar-refractivity contribution in [3.63, 3.8) is 0 Å². The first-order valence-electron chi connectivity index (χ1n) is 12.6. The standard InChI is InChI=1S/C32H38O4/c1-21(2)9-7-11-23(5)13-15-25-19-26(33)20-28(32(25)36)31-27(29(34)17-18-30(31)35)16-14-24(6)12-8-10-22(3)4/h9-10,13-14,17-20H,7-8,11-12,15-16H2,1-6H3/b23-13+,24-14+. The van der Waals surface area contributed by atoms with Gasteiger partial charge in [0.1, 0.15) is 0 Å². The zero-order valence-electron chi connectivity index (χ0n) is 22.5. The number of allylic oxidation sites excluding steroid dienone is 16. The van der Waals surface area contributed by atoms with E-state index in [1.54, 1.807) is 0 Å². The number of hydrogen-bond acceptors (Lipinski definition) is 4. The van der Waals surface area contributed by atoms with Crippen LogP contribution < -0.4 is 0 Å². The molecule has 0 unspecified atom stereocenters. The van der Waals surface area contributed by atoms with Crippen LogP contribution in [0.3, 0.4) is 0 Å². The summed E-state index contributed by atoms with van der Waals surface area (Å²) in [5, 5.41) is 0. The summed E-state index contributed by atoms with van der Waals surface area (Å²) in [5.74, 6) is -1.42. The molecule has 0 amide bonds. The molecule has 0 bridgehead atoms. The predicted molar refractivity (Wildman–Crippen MR) is 146 cm³/mol. The van der Waals surface area contributed by atoms with Crippen LogP contribution in [0.15, 0.2) is 93.2 Å². The van der Waals surface area contributed by atoms with E-state index in [0.717, 1.165) is 36.8 Å². The fraction of sp³-hybridized carbons (Fsp3) is 0.375. The van der Waals surface area contributed by atoms with Gasteiger partial charge >= 0.3 is 0 Å². The molecule has 2 aliphatic carbocycles. The zero-order valence-corrected chi connectivity index (χ0v) is 22.5. The monoisotopic (exact) mass is 486 g/mol. The second kappa shape index (κ2) is 13.6. The van der Waals surface area contributed by atoms with E-state index in [1.165, 1.54) is 35.5 Å². The van der Waals surface area contributed by atoms with Crippen molar-refractivity contribution < 1.29 is 19.2 Å². The van der Waals surface area contributed by atoms with Crippen LogP contribution in [0, 0.1) is 0 Å². The second-order valence-corrected chi connectivity index (χ2v) is 10.0. The Morgan fingerprint density at radius 3 is 1.75 bits per heavy atom. The summed E-state index contributed by atoms with van der Waals surface area (Å²) in [5.41, 5.74) is 5.44. The van der Waals surface area contributed by atoms with Crippen molar-refractivity contribution in [3.05, 3.63) is 93.2 Å². The van der Waals surface area contributed by atoms with Gasteiger partial charge in [0.15, 0.2) is 23.1 Å². The number of carbonyl (C=O) groups excluding carboxylic acids is 4. The molecule has 0 atom stereocenters. The van der Waals surface area contributed by atoms with Gasteiger partial charge in [-0.1, -0.05) is 46.6 Å². The van der Waals surface area contributed by atoms with Crippen molar-refractivity contribution in [3.8, 4) is 0 Å². The SMILES string of the molecule is CC(C)=CCC/C(C)=C/CC1=CC(=O)C=C(C2=C(C/C=C(\C)CCC=C(C)C)C(=O)C=CC2=O)C1=O. The molecular weight excluding hydrogens is 448 g/mol. The molecule has 0 saturated heterocycles. The van der Waals surface area contributed by atoms with Gasteiger partial charge in [0, 0.05) is 22.3 Å². The highest BCUT2D eigenvalue weighted by Crippen LogP contribution is 2.30. The van der Waals surface area contributed by atoms with Gasteiger partial charge in [0.05, 0.1) is 0 Å². The van der Waals surface area contributed by atoms with Gasteiger partial charge in [-0.25, -0.2) is 0 Å². The third-order valence-electron chi connectivity index (χ3n) is 6.15. The average molecular weight is 487 g/mol. The summed E-state index contributed by atoms with van der Waals surface area (Å²) in [4.78, 5) is 51.5. The zero-order chi connectivity index (χ0) is 26.8. The van der Waals surface area contributed by atoms with Gasteiger partial charge in [-0.05, 0) is 104 Å². The molecule has 0 N–H and O–H groups in total. The van der Waals surface area contributed by atoms with Gasteiger partial charge in [0.2, 0.25) is 0 Å². The fourth-order valence-corrected chi connectivity index (χ4v) is 4.04. The highest BCUT2D eigenvalue weighted by atomic mass is 16.1. The van der Waals surface area contributed by atoms with Gasteiger partial charge in [-0.3, -0.25) is 19.2 Å². The molecule has 0 saturated carbocycles. The second-order valence-electron chi connectivity index (χ2n) is 10.0. The molecule has 0 spiro atoms. The Hall–Kier alpha value is -3.40. The largest absolute Gasteiger partial charge is 0.290 e. The first-order chi connectivity index (χ1) is 17.0. The summed E-state index contributed by atoms with van der Waals surface area (Å²) in [6.45, 7) is 12.2. The van der Waals surface area contributed by atoms with Gasteiger partial charge < -0.3 is 0 Å². The number of ketones is 4. The maximum atomic E-state index is 13.4. The van der Waals surface area contributed by atoms with Crippen LogP contribution in [0.25, 0.3) is 0 Å². The molecule has 2 aliphatic rings. The number of hydrogen-bond donors (Lipinski definition) is 0. The smallest absolute Gasteiger partial charge is 0.190 e. The first kappa shape index (κ1) is 28.8. The number of Topliss-reactive ketones (excluding diaryl/α,β-unsaturated/α-hetero) is 1. The summed E-state index contributed by atoms with van der Waals surface area (Å²) in [6, 6.07) is 0. The Labute approximate surface area is 215 Å². The third kappa shape index (κ3) is 8.67. The van der Waals surface area contributed by atoms with Crippen molar-refractivity contribution in [2.24, 2.45) is 0 Å². The Kier molecular flexibility index (Phi) is 10.9. The minimum Gasteiger partial charge on any atom is -0.290 e. The molecule has 0 aromatic carbocycles. The third-order valence-corrected chi connectivity index (χ3v) is 6.15. The lowest BCUT2D eigenvalue weighted by atomic mass is 9.81. The van der Waals surface area contributed by atoms with Crippen LogP contribution in [0.2, 0.25) is 0 Å². The maximum absolute atomic E-state index is 13.4. The fourth-order valence-electron chi connectivity index (χ4n) is 4.04. The maximum Gasteiger partial charge on any atom is 0.190 e. The predicted octanol–water partition coefficient (Wildman–Crippen LogP) is 7.16. The molecule has 0 aromatic heterocycles. The Balaban J connectivity index is 2.29. The highest BCUT2D eigenvalue weighted by Gasteiger charge is 2.31. The van der Waals surface area contributed by atoms with E-state index in [1.807, 2.05) is 26.0 Å². The lowest BCUT2D eigenvalue weighted by molar-refractivity contribution is -0.117. The molecule has 4 nitrogen and oxygen atoms in total. The van der Waals surface area contributed by atoms with E-state index in [-0.39, 0.29) is 40.5 Å². The van der Waals surface area contributed by atoms with Crippen LogP contribution in [-0.4, -0.2) is 23.1 Å². The van der Waals surface area contributed by atoms with Gasteiger partial charge in [-0.15, -0.1) is 0 Å². The summed E-state index contributed by atoms with van der Waals surface area (Å²) < 4.78 is 0. The number of rotatable bonds is 11. The molecule has 4 heteroatoms. The van der Waals surface area contributed by atoms with Crippen molar-refractivity contribution >= 4 is 23.1 Å². The van der Waals surface area contributed by atoms with E-state index >= 15 is 0 Å². The molecular formula is C32H38O4. The van der Waals surface area contributed by atoms with Crippen LogP contribution in [0.5, 0.6) is 0 Å². The van der Waals surface area contributed by atoms with E-state index < -0.39 is 5.78 Å². The van der Waals surface area contributed by atoms with Crippen LogP contribution in [-0.2, 0) is 19.2 Å². The van der Waals surface area contributed by atoms with Crippen LogP contribution >= 0.6 is 0 Å². The average Bonchev–Trinajstić information content (AvgIpc) is 2.79. The van der Waals surface area contributed by atoms with Gasteiger partial charge in [-0.2, -0.15) is 0 Å². The van der Waals surface area contributed by atoms with Crippen LogP contribution in [0.4, 0.5) is 0 Å². The van der Waals surface area contributed by atoms with E-state index in [4.69, 9.17) is 0 Å². The lowest BCUT2D eigenvalue weighted by Crippen LogP contribution is -2.23. The van der Waals surface area contributed by atoms with Gasteiger partial charge in [0.25, 0.3) is 0 Å². The molecule has 0 aromatic rings. The lowest BCUT2D eigenvalue weighted by Gasteiger charge is -2.19. The molecule has 0 heterocycles. The first-order valence-corrected chi connectivity index (χ1v) is 12.6. The van der Waals surface area contributed by atoms with Crippen molar-refractivity contribution in [2.75, 3.05) is 0 Å². The summed E-state index contributed by atoms with van der Waals surface area (Å²) >= 11 is 0. The van der Waals surface area contributed by atoms with E-state index in [2.05, 4.69) is 39.8 Å². The Bertz CT molecular complexity index is 1180. The normalized spacial score (nSPS) is 16.8.